The first-order chi connectivity index (χ1) is 13.7. The topological polar surface area (TPSA) is 59.4 Å². The second-order valence-corrected chi connectivity index (χ2v) is 8.01. The number of nitrogens with one attached hydrogen (secondary N) is 1. The average Bonchev–Trinajstić information content (AvgIpc) is 3.34. The van der Waals surface area contributed by atoms with Gasteiger partial charge in [-0.2, -0.15) is 10.2 Å². The Bertz CT molecular complexity index is 1200. The highest BCUT2D eigenvalue weighted by molar-refractivity contribution is 5.98. The lowest BCUT2D eigenvalue weighted by Crippen LogP contribution is -2.28. The van der Waals surface area contributed by atoms with Gasteiger partial charge in [-0.05, 0) is 62.9 Å². The van der Waals surface area contributed by atoms with Gasteiger partial charge in [-0.15, -0.1) is 0 Å². The minimum absolute atomic E-state index is 0.230. The van der Waals surface area contributed by atoms with Crippen LogP contribution < -0.4 is 0 Å². The summed E-state index contributed by atoms with van der Waals surface area (Å²) in [6, 6.07) is 9.28. The number of fused-ring (bicyclic) bond motifs is 3. The number of hydrogen-bond acceptors (Lipinski definition) is 3. The molecule has 6 heteroatoms. The van der Waals surface area contributed by atoms with Crippen molar-refractivity contribution in [1.29, 1.82) is 0 Å². The molecule has 2 aliphatic heterocycles. The summed E-state index contributed by atoms with van der Waals surface area (Å²) in [6.45, 7) is 2.00. The van der Waals surface area contributed by atoms with Crippen LogP contribution in [-0.2, 0) is 0 Å². The van der Waals surface area contributed by atoms with E-state index in [0.29, 0.717) is 12.0 Å². The van der Waals surface area contributed by atoms with Gasteiger partial charge in [0.2, 0.25) is 0 Å². The van der Waals surface area contributed by atoms with Gasteiger partial charge in [0.15, 0.2) is 5.65 Å². The maximum atomic E-state index is 13.6. The van der Waals surface area contributed by atoms with Crippen molar-refractivity contribution in [2.75, 3.05) is 0 Å². The van der Waals surface area contributed by atoms with Crippen LogP contribution in [0.4, 0.5) is 4.39 Å². The second kappa shape index (κ2) is 5.74. The van der Waals surface area contributed by atoms with E-state index in [1.807, 2.05) is 25.3 Å². The van der Waals surface area contributed by atoms with E-state index in [-0.39, 0.29) is 5.82 Å². The lowest BCUT2D eigenvalue weighted by molar-refractivity contribution is 0.240. The first kappa shape index (κ1) is 16.0. The van der Waals surface area contributed by atoms with Gasteiger partial charge in [0.1, 0.15) is 11.5 Å². The minimum Gasteiger partial charge on any atom is -0.265 e. The number of aromatic amines is 1. The Morgan fingerprint density at radius 3 is 2.68 bits per heavy atom. The molecule has 0 atom stereocenters. The fourth-order valence-electron chi connectivity index (χ4n) is 5.05. The zero-order valence-corrected chi connectivity index (χ0v) is 15.6. The van der Waals surface area contributed by atoms with E-state index in [1.165, 1.54) is 43.5 Å². The largest absolute Gasteiger partial charge is 0.265 e. The maximum absolute atomic E-state index is 13.6. The molecule has 5 nitrogen and oxygen atoms in total. The molecule has 4 aromatic rings. The summed E-state index contributed by atoms with van der Waals surface area (Å²) < 4.78 is 15.8. The van der Waals surface area contributed by atoms with Crippen molar-refractivity contribution in [3.05, 3.63) is 53.7 Å². The molecule has 0 radical (unpaired) electrons. The predicted octanol–water partition coefficient (Wildman–Crippen LogP) is 5.15. The molecule has 1 aliphatic carbocycles. The molecule has 28 heavy (non-hydrogen) atoms. The number of rotatable bonds is 2. The van der Waals surface area contributed by atoms with Crippen LogP contribution in [0.1, 0.15) is 49.0 Å². The van der Waals surface area contributed by atoms with Crippen molar-refractivity contribution in [3.63, 3.8) is 0 Å². The standard InChI is InChI=1S/C22H20FN5/c1-12-10-17(18-11-24-26-22(18)25-12)19-20(13-2-6-15(23)7-3-13)27-28-16-8-4-14(5-9-16)21(19)28/h2-3,6-7,10-11,14,16H,4-5,8-9H2,1H3,(H,24,25,26). The average molecular weight is 373 g/mol. The molecule has 140 valence electrons. The zero-order chi connectivity index (χ0) is 18.8. The summed E-state index contributed by atoms with van der Waals surface area (Å²) in [7, 11) is 0. The fourth-order valence-corrected chi connectivity index (χ4v) is 5.05. The summed E-state index contributed by atoms with van der Waals surface area (Å²) >= 11 is 0. The number of hydrogen-bond donors (Lipinski definition) is 1. The van der Waals surface area contributed by atoms with Gasteiger partial charge in [0, 0.05) is 33.7 Å². The van der Waals surface area contributed by atoms with E-state index in [2.05, 4.69) is 25.9 Å². The third-order valence-corrected chi connectivity index (χ3v) is 6.31. The molecule has 7 rings (SSSR count). The highest BCUT2D eigenvalue weighted by Gasteiger charge is 2.38. The highest BCUT2D eigenvalue weighted by Crippen LogP contribution is 2.51. The van der Waals surface area contributed by atoms with Crippen molar-refractivity contribution in [2.24, 2.45) is 0 Å². The molecule has 0 unspecified atom stereocenters. The van der Waals surface area contributed by atoms with E-state index in [0.717, 1.165) is 39.1 Å². The van der Waals surface area contributed by atoms with E-state index >= 15 is 0 Å². The fraction of sp³-hybridized carbons (Fsp3) is 0.318. The van der Waals surface area contributed by atoms with Crippen LogP contribution in [-0.4, -0.2) is 25.0 Å². The van der Waals surface area contributed by atoms with Gasteiger partial charge in [-0.1, -0.05) is 0 Å². The zero-order valence-electron chi connectivity index (χ0n) is 15.6. The first-order valence-corrected chi connectivity index (χ1v) is 9.88. The van der Waals surface area contributed by atoms with Crippen LogP contribution in [0.3, 0.4) is 0 Å². The van der Waals surface area contributed by atoms with Crippen molar-refractivity contribution in [1.82, 2.24) is 25.0 Å². The van der Waals surface area contributed by atoms with Crippen molar-refractivity contribution < 1.29 is 4.39 Å². The summed E-state index contributed by atoms with van der Waals surface area (Å²) in [4.78, 5) is 4.59. The molecular weight excluding hydrogens is 353 g/mol. The monoisotopic (exact) mass is 373 g/mol. The van der Waals surface area contributed by atoms with Gasteiger partial charge < -0.3 is 0 Å². The quantitative estimate of drug-likeness (QED) is 0.529. The molecule has 0 saturated heterocycles. The number of aryl methyl sites for hydroxylation is 1. The third kappa shape index (κ3) is 2.20. The van der Waals surface area contributed by atoms with Gasteiger partial charge in [0.05, 0.1) is 17.9 Å². The van der Waals surface area contributed by atoms with Gasteiger partial charge in [-0.3, -0.25) is 9.78 Å². The van der Waals surface area contributed by atoms with E-state index < -0.39 is 0 Å². The summed E-state index contributed by atoms with van der Waals surface area (Å²) in [5, 5.41) is 13.3. The van der Waals surface area contributed by atoms with Crippen molar-refractivity contribution >= 4 is 11.0 Å². The lowest BCUT2D eigenvalue weighted by Gasteiger charge is -2.37. The Balaban J connectivity index is 1.70. The molecule has 1 N–H and O–H groups in total. The third-order valence-electron chi connectivity index (χ3n) is 6.31. The lowest BCUT2D eigenvalue weighted by atomic mass is 9.77. The Labute approximate surface area is 161 Å². The number of H-pyrrole nitrogens is 1. The summed E-state index contributed by atoms with van der Waals surface area (Å²) in [5.74, 6) is 0.295. The number of halogens is 1. The summed E-state index contributed by atoms with van der Waals surface area (Å²) in [6.07, 6.45) is 6.66. The first-order valence-electron chi connectivity index (χ1n) is 9.88. The molecule has 1 fully saturated rings. The Morgan fingerprint density at radius 1 is 1.11 bits per heavy atom. The molecule has 3 aliphatic rings. The minimum atomic E-state index is -0.230. The number of aromatic nitrogens is 5. The van der Waals surface area contributed by atoms with Crippen LogP contribution in [0.25, 0.3) is 33.4 Å². The number of nitrogens with zero attached hydrogens (tertiary/aromatic N) is 4. The van der Waals surface area contributed by atoms with Crippen LogP contribution in [0.15, 0.2) is 36.5 Å². The Morgan fingerprint density at radius 2 is 1.89 bits per heavy atom. The van der Waals surface area contributed by atoms with Crippen LogP contribution in [0.2, 0.25) is 0 Å². The van der Waals surface area contributed by atoms with Crippen molar-refractivity contribution in [3.8, 4) is 22.4 Å². The number of benzene rings is 1. The molecule has 0 spiro atoms. The molecular formula is C22H20FN5. The van der Waals surface area contributed by atoms with Crippen LogP contribution >= 0.6 is 0 Å². The highest BCUT2D eigenvalue weighted by atomic mass is 19.1. The van der Waals surface area contributed by atoms with Crippen molar-refractivity contribution in [2.45, 2.75) is 44.6 Å². The van der Waals surface area contributed by atoms with Crippen LogP contribution in [0, 0.1) is 12.7 Å². The van der Waals surface area contributed by atoms with E-state index in [1.54, 1.807) is 0 Å². The number of pyridine rings is 1. The van der Waals surface area contributed by atoms with Gasteiger partial charge in [-0.25, -0.2) is 9.37 Å². The molecule has 3 aromatic heterocycles. The molecule has 1 aromatic carbocycles. The summed E-state index contributed by atoms with van der Waals surface area (Å²) in [5.41, 5.74) is 7.22. The molecule has 0 amide bonds. The molecule has 2 bridgehead atoms. The predicted molar refractivity (Wildman–Crippen MR) is 105 cm³/mol. The maximum Gasteiger partial charge on any atom is 0.155 e. The smallest absolute Gasteiger partial charge is 0.155 e. The Hall–Kier alpha value is -3.02. The van der Waals surface area contributed by atoms with Crippen LogP contribution in [0.5, 0.6) is 0 Å². The molecule has 5 heterocycles. The van der Waals surface area contributed by atoms with E-state index in [4.69, 9.17) is 5.10 Å². The second-order valence-electron chi connectivity index (χ2n) is 8.01. The Kier molecular flexibility index (Phi) is 3.27. The molecule has 1 saturated carbocycles. The van der Waals surface area contributed by atoms with E-state index in [9.17, 15) is 4.39 Å². The normalized spacial score (nSPS) is 20.6. The van der Waals surface area contributed by atoms with Gasteiger partial charge in [0.25, 0.3) is 0 Å². The van der Waals surface area contributed by atoms with Gasteiger partial charge >= 0.3 is 0 Å². The SMILES string of the molecule is Cc1cc(-c2c(-c3ccc(F)cc3)nn3c2C2CCC3CC2)c2cn[nH]c2n1.